The van der Waals surface area contributed by atoms with E-state index in [9.17, 15) is 4.79 Å². The van der Waals surface area contributed by atoms with E-state index >= 15 is 0 Å². The maximum Gasteiger partial charge on any atom is 0.314 e. The highest BCUT2D eigenvalue weighted by molar-refractivity contribution is 5.29. The van der Waals surface area contributed by atoms with Crippen molar-refractivity contribution in [2.75, 3.05) is 0 Å². The summed E-state index contributed by atoms with van der Waals surface area (Å²) >= 11 is 0. The number of nitrogens with zero attached hydrogens (tertiary/aromatic N) is 2. The zero-order valence-electron chi connectivity index (χ0n) is 12.0. The summed E-state index contributed by atoms with van der Waals surface area (Å²) in [5.74, 6) is 0.640. The first-order chi connectivity index (χ1) is 9.41. The topological polar surface area (TPSA) is 70.1 Å². The molecule has 0 aliphatic carbocycles. The van der Waals surface area contributed by atoms with Crippen molar-refractivity contribution in [3.05, 3.63) is 52.6 Å². The van der Waals surface area contributed by atoms with E-state index in [1.54, 1.807) is 29.1 Å². The molecular weight excluding hydrogens is 254 g/mol. The van der Waals surface area contributed by atoms with Gasteiger partial charge < -0.3 is 15.0 Å². The van der Waals surface area contributed by atoms with Gasteiger partial charge in [-0.15, -0.1) is 0 Å². The molecule has 106 valence electrons. The Morgan fingerprint density at radius 2 is 1.90 bits per heavy atom. The van der Waals surface area contributed by atoms with Crippen molar-refractivity contribution in [2.45, 2.75) is 32.9 Å². The van der Waals surface area contributed by atoms with Crippen molar-refractivity contribution in [2.24, 2.45) is 5.73 Å². The van der Waals surface area contributed by atoms with Gasteiger partial charge in [-0.2, -0.15) is 0 Å². The van der Waals surface area contributed by atoms with E-state index in [1.807, 2.05) is 32.9 Å². The molecule has 0 bridgehead atoms. The summed E-state index contributed by atoms with van der Waals surface area (Å²) < 4.78 is 7.16. The average molecular weight is 273 g/mol. The van der Waals surface area contributed by atoms with E-state index in [1.165, 1.54) is 0 Å². The molecule has 0 unspecified atom stereocenters. The summed E-state index contributed by atoms with van der Waals surface area (Å²) in [5, 5.41) is 0. The molecule has 2 aromatic rings. The lowest BCUT2D eigenvalue weighted by Gasteiger charge is -2.22. The lowest BCUT2D eigenvalue weighted by atomic mass is 10.1. The molecule has 0 spiro atoms. The third-order valence-corrected chi connectivity index (χ3v) is 2.91. The van der Waals surface area contributed by atoms with E-state index in [0.717, 1.165) is 5.56 Å². The molecule has 1 aromatic heterocycles. The zero-order chi connectivity index (χ0) is 14.8. The van der Waals surface area contributed by atoms with Crippen LogP contribution in [0.5, 0.6) is 11.6 Å². The molecule has 0 amide bonds. The molecule has 0 aliphatic rings. The molecule has 20 heavy (non-hydrogen) atoms. The van der Waals surface area contributed by atoms with Crippen molar-refractivity contribution < 1.29 is 4.74 Å². The van der Waals surface area contributed by atoms with Crippen molar-refractivity contribution >= 4 is 0 Å². The molecular formula is C15H19N3O2. The number of hydrogen-bond donors (Lipinski definition) is 1. The monoisotopic (exact) mass is 273 g/mol. The molecule has 5 heteroatoms. The predicted octanol–water partition coefficient (Wildman–Crippen LogP) is 2.25. The first-order valence-corrected chi connectivity index (χ1v) is 6.47. The SMILES string of the molecule is CC(C)(C)n1ccnc(Oc2ccc(CN)cc2)c1=O. The Balaban J connectivity index is 2.32. The summed E-state index contributed by atoms with van der Waals surface area (Å²) in [6, 6.07) is 7.27. The van der Waals surface area contributed by atoms with Gasteiger partial charge in [0.1, 0.15) is 5.75 Å². The molecule has 5 nitrogen and oxygen atoms in total. The predicted molar refractivity (Wildman–Crippen MR) is 77.9 cm³/mol. The summed E-state index contributed by atoms with van der Waals surface area (Å²) in [6.45, 7) is 6.33. The highest BCUT2D eigenvalue weighted by Crippen LogP contribution is 2.18. The van der Waals surface area contributed by atoms with E-state index in [-0.39, 0.29) is 17.0 Å². The Morgan fingerprint density at radius 3 is 2.45 bits per heavy atom. The molecule has 0 fully saturated rings. The number of hydrogen-bond acceptors (Lipinski definition) is 4. The summed E-state index contributed by atoms with van der Waals surface area (Å²) in [5.41, 5.74) is 5.98. The van der Waals surface area contributed by atoms with Gasteiger partial charge in [-0.05, 0) is 38.5 Å². The largest absolute Gasteiger partial charge is 0.435 e. The van der Waals surface area contributed by atoms with Crippen molar-refractivity contribution in [1.29, 1.82) is 0 Å². The Kier molecular flexibility index (Phi) is 3.90. The Morgan fingerprint density at radius 1 is 1.25 bits per heavy atom. The maximum atomic E-state index is 12.3. The van der Waals surface area contributed by atoms with Crippen LogP contribution in [0.1, 0.15) is 26.3 Å². The minimum atomic E-state index is -0.318. The van der Waals surface area contributed by atoms with Crippen molar-refractivity contribution in [1.82, 2.24) is 9.55 Å². The Labute approximate surface area is 118 Å². The second-order valence-corrected chi connectivity index (χ2v) is 5.53. The van der Waals surface area contributed by atoms with Gasteiger partial charge in [0.05, 0.1) is 0 Å². The van der Waals surface area contributed by atoms with Crippen molar-refractivity contribution in [3.63, 3.8) is 0 Å². The van der Waals surface area contributed by atoms with Crippen LogP contribution in [0.15, 0.2) is 41.5 Å². The van der Waals surface area contributed by atoms with E-state index in [2.05, 4.69) is 4.98 Å². The van der Waals surface area contributed by atoms with Crippen LogP contribution in [-0.2, 0) is 12.1 Å². The fraction of sp³-hybridized carbons (Fsp3) is 0.333. The van der Waals surface area contributed by atoms with Crippen LogP contribution >= 0.6 is 0 Å². The lowest BCUT2D eigenvalue weighted by molar-refractivity contribution is 0.363. The van der Waals surface area contributed by atoms with Crippen molar-refractivity contribution in [3.8, 4) is 11.6 Å². The molecule has 1 aromatic carbocycles. The summed E-state index contributed by atoms with van der Waals surface area (Å²) in [7, 11) is 0. The first-order valence-electron chi connectivity index (χ1n) is 6.47. The summed E-state index contributed by atoms with van der Waals surface area (Å²) in [6.07, 6.45) is 3.23. The fourth-order valence-electron chi connectivity index (χ4n) is 1.80. The third kappa shape index (κ3) is 3.05. The van der Waals surface area contributed by atoms with Gasteiger partial charge in [-0.3, -0.25) is 4.79 Å². The molecule has 2 rings (SSSR count). The average Bonchev–Trinajstić information content (AvgIpc) is 2.40. The highest BCUT2D eigenvalue weighted by Gasteiger charge is 2.17. The lowest BCUT2D eigenvalue weighted by Crippen LogP contribution is -2.34. The molecule has 0 saturated carbocycles. The van der Waals surface area contributed by atoms with Gasteiger partial charge in [0, 0.05) is 24.5 Å². The minimum absolute atomic E-state index is 0.0722. The van der Waals surface area contributed by atoms with E-state index < -0.39 is 0 Å². The van der Waals surface area contributed by atoms with Crippen LogP contribution < -0.4 is 16.0 Å². The highest BCUT2D eigenvalue weighted by atomic mass is 16.5. The molecule has 1 heterocycles. The Bertz CT molecular complexity index is 639. The molecule has 0 atom stereocenters. The van der Waals surface area contributed by atoms with Gasteiger partial charge in [-0.1, -0.05) is 12.1 Å². The molecule has 0 radical (unpaired) electrons. The van der Waals surface area contributed by atoms with Crippen LogP contribution in [0, 0.1) is 0 Å². The second kappa shape index (κ2) is 5.46. The second-order valence-electron chi connectivity index (χ2n) is 5.53. The van der Waals surface area contributed by atoms with Gasteiger partial charge in [0.25, 0.3) is 5.88 Å². The standard InChI is InChI=1S/C15H19N3O2/c1-15(2,3)18-9-8-17-13(14(18)19)20-12-6-4-11(10-16)5-7-12/h4-9H,10,16H2,1-3H3. The van der Waals surface area contributed by atoms with E-state index in [0.29, 0.717) is 12.3 Å². The minimum Gasteiger partial charge on any atom is -0.435 e. The third-order valence-electron chi connectivity index (χ3n) is 2.91. The van der Waals surface area contributed by atoms with Crippen LogP contribution in [-0.4, -0.2) is 9.55 Å². The number of ether oxygens (including phenoxy) is 1. The van der Waals surface area contributed by atoms with Gasteiger partial charge >= 0.3 is 5.56 Å². The smallest absolute Gasteiger partial charge is 0.314 e. The normalized spacial score (nSPS) is 11.4. The summed E-state index contributed by atoms with van der Waals surface area (Å²) in [4.78, 5) is 16.3. The zero-order valence-corrected chi connectivity index (χ0v) is 12.0. The number of benzene rings is 1. The van der Waals surface area contributed by atoms with Gasteiger partial charge in [-0.25, -0.2) is 4.98 Å². The van der Waals surface area contributed by atoms with E-state index in [4.69, 9.17) is 10.5 Å². The van der Waals surface area contributed by atoms with Crippen LogP contribution in [0.4, 0.5) is 0 Å². The number of rotatable bonds is 3. The van der Waals surface area contributed by atoms with Crippen LogP contribution in [0.25, 0.3) is 0 Å². The Hall–Kier alpha value is -2.14. The quantitative estimate of drug-likeness (QED) is 0.931. The number of aromatic nitrogens is 2. The van der Waals surface area contributed by atoms with Gasteiger partial charge in [0.15, 0.2) is 0 Å². The van der Waals surface area contributed by atoms with Gasteiger partial charge in [0.2, 0.25) is 0 Å². The first kappa shape index (κ1) is 14.3. The molecule has 0 aliphatic heterocycles. The van der Waals surface area contributed by atoms with Crippen LogP contribution in [0.2, 0.25) is 0 Å². The number of nitrogens with two attached hydrogens (primary N) is 1. The van der Waals surface area contributed by atoms with Crippen LogP contribution in [0.3, 0.4) is 0 Å². The molecule has 2 N–H and O–H groups in total. The molecule has 0 saturated heterocycles. The fourth-order valence-corrected chi connectivity index (χ4v) is 1.80. The maximum absolute atomic E-state index is 12.3.